The molecule has 0 aliphatic carbocycles. The number of nitrogens with one attached hydrogen (secondary N) is 1. The zero-order valence-corrected chi connectivity index (χ0v) is 17.8. The van der Waals surface area contributed by atoms with Crippen molar-refractivity contribution >= 4 is 23.5 Å². The van der Waals surface area contributed by atoms with Gasteiger partial charge in [-0.3, -0.25) is 19.7 Å². The first-order chi connectivity index (χ1) is 15.3. The molecular weight excluding hydrogens is 420 g/mol. The lowest BCUT2D eigenvalue weighted by Crippen LogP contribution is -2.48. The Bertz CT molecular complexity index is 946. The van der Waals surface area contributed by atoms with Gasteiger partial charge in [0.05, 0.1) is 25.6 Å². The topological polar surface area (TPSA) is 134 Å². The van der Waals surface area contributed by atoms with Crippen LogP contribution in [-0.4, -0.2) is 50.1 Å². The SMILES string of the molecule is COC(=O)C[C@H](c1ccc([N+](=O)[O-])cc1)[C@H](NC(=O)[C@H](OC)c1ccccc1)C(=O)OC. The van der Waals surface area contributed by atoms with E-state index in [1.807, 2.05) is 0 Å². The molecule has 0 heterocycles. The Hall–Kier alpha value is -3.79. The molecule has 3 atom stereocenters. The molecule has 2 aromatic carbocycles. The molecule has 1 amide bonds. The molecule has 0 bridgehead atoms. The molecular formula is C22H24N2O8. The molecule has 0 saturated heterocycles. The molecule has 0 unspecified atom stereocenters. The van der Waals surface area contributed by atoms with Gasteiger partial charge < -0.3 is 19.5 Å². The van der Waals surface area contributed by atoms with Crippen LogP contribution in [0.4, 0.5) is 5.69 Å². The maximum absolute atomic E-state index is 13.0. The molecule has 0 saturated carbocycles. The van der Waals surface area contributed by atoms with Crippen molar-refractivity contribution in [2.45, 2.75) is 24.5 Å². The smallest absolute Gasteiger partial charge is 0.329 e. The zero-order valence-electron chi connectivity index (χ0n) is 17.8. The van der Waals surface area contributed by atoms with Gasteiger partial charge in [-0.1, -0.05) is 42.5 Å². The predicted octanol–water partition coefficient (Wildman–Crippen LogP) is 2.29. The van der Waals surface area contributed by atoms with Crippen molar-refractivity contribution in [3.8, 4) is 0 Å². The number of carbonyl (C=O) groups excluding carboxylic acids is 3. The number of benzene rings is 2. The molecule has 32 heavy (non-hydrogen) atoms. The molecule has 2 rings (SSSR count). The minimum atomic E-state index is -1.28. The molecule has 0 aliphatic heterocycles. The van der Waals surface area contributed by atoms with E-state index in [1.54, 1.807) is 30.3 Å². The second kappa shape index (κ2) is 11.6. The number of rotatable bonds is 10. The van der Waals surface area contributed by atoms with Crippen molar-refractivity contribution in [3.05, 3.63) is 75.8 Å². The minimum absolute atomic E-state index is 0.159. The van der Waals surface area contributed by atoms with E-state index in [9.17, 15) is 24.5 Å². The van der Waals surface area contributed by atoms with Crippen LogP contribution in [0.15, 0.2) is 54.6 Å². The predicted molar refractivity (Wildman–Crippen MR) is 113 cm³/mol. The Kier molecular flexibility index (Phi) is 8.84. The van der Waals surface area contributed by atoms with Crippen molar-refractivity contribution < 1.29 is 33.5 Å². The van der Waals surface area contributed by atoms with Crippen LogP contribution in [0.5, 0.6) is 0 Å². The first-order valence-corrected chi connectivity index (χ1v) is 9.59. The monoisotopic (exact) mass is 444 g/mol. The van der Waals surface area contributed by atoms with Crippen molar-refractivity contribution in [1.29, 1.82) is 0 Å². The molecule has 0 fully saturated rings. The Morgan fingerprint density at radius 3 is 2.06 bits per heavy atom. The van der Waals surface area contributed by atoms with Crippen molar-refractivity contribution in [2.75, 3.05) is 21.3 Å². The fourth-order valence-corrected chi connectivity index (χ4v) is 3.24. The molecule has 0 aliphatic rings. The summed E-state index contributed by atoms with van der Waals surface area (Å²) in [6.45, 7) is 0. The van der Waals surface area contributed by atoms with Crippen molar-refractivity contribution in [1.82, 2.24) is 5.32 Å². The van der Waals surface area contributed by atoms with Crippen molar-refractivity contribution in [3.63, 3.8) is 0 Å². The molecule has 0 radical (unpaired) electrons. The lowest BCUT2D eigenvalue weighted by atomic mass is 9.88. The number of esters is 2. The van der Waals surface area contributed by atoms with Gasteiger partial charge >= 0.3 is 11.9 Å². The maximum Gasteiger partial charge on any atom is 0.329 e. The summed E-state index contributed by atoms with van der Waals surface area (Å²) in [5.41, 5.74) is 0.814. The van der Waals surface area contributed by atoms with Crippen LogP contribution in [0.2, 0.25) is 0 Å². The van der Waals surface area contributed by atoms with Gasteiger partial charge in [-0.2, -0.15) is 0 Å². The normalized spacial score (nSPS) is 13.3. The van der Waals surface area contributed by atoms with E-state index in [2.05, 4.69) is 5.32 Å². The van der Waals surface area contributed by atoms with E-state index in [0.717, 1.165) is 7.11 Å². The number of nitrogens with zero attached hydrogens (tertiary/aromatic N) is 1. The molecule has 2 aromatic rings. The second-order valence-corrected chi connectivity index (χ2v) is 6.77. The molecule has 170 valence electrons. The van der Waals surface area contributed by atoms with Gasteiger partial charge in [-0.15, -0.1) is 0 Å². The summed E-state index contributed by atoms with van der Waals surface area (Å²) >= 11 is 0. The number of ether oxygens (including phenoxy) is 3. The fraction of sp³-hybridized carbons (Fsp3) is 0.318. The highest BCUT2D eigenvalue weighted by Crippen LogP contribution is 2.28. The number of amides is 1. The number of nitro benzene ring substituents is 1. The average Bonchev–Trinajstić information content (AvgIpc) is 2.81. The number of hydrogen-bond donors (Lipinski definition) is 1. The Morgan fingerprint density at radius 2 is 1.56 bits per heavy atom. The second-order valence-electron chi connectivity index (χ2n) is 6.77. The van der Waals surface area contributed by atoms with Crippen LogP contribution in [0.3, 0.4) is 0 Å². The Balaban J connectivity index is 2.41. The first-order valence-electron chi connectivity index (χ1n) is 9.59. The zero-order chi connectivity index (χ0) is 23.7. The minimum Gasteiger partial charge on any atom is -0.469 e. The van der Waals surface area contributed by atoms with Crippen LogP contribution < -0.4 is 5.32 Å². The number of nitro groups is 1. The standard InChI is InChI=1S/C22H24N2O8/c1-30-18(25)13-17(14-9-11-16(12-10-14)24(28)29)19(22(27)32-3)23-21(26)20(31-2)15-7-5-4-6-8-15/h4-12,17,19-20H,13H2,1-3H3,(H,23,26)/t17-,19+,20-/m1/s1. The van der Waals surface area contributed by atoms with Crippen LogP contribution in [0.1, 0.15) is 29.6 Å². The number of non-ortho nitro benzene ring substituents is 1. The summed E-state index contributed by atoms with van der Waals surface area (Å²) in [4.78, 5) is 48.1. The van der Waals surface area contributed by atoms with Crippen LogP contribution >= 0.6 is 0 Å². The van der Waals surface area contributed by atoms with E-state index >= 15 is 0 Å². The molecule has 10 heteroatoms. The fourth-order valence-electron chi connectivity index (χ4n) is 3.24. The summed E-state index contributed by atoms with van der Waals surface area (Å²) < 4.78 is 14.9. The van der Waals surface area contributed by atoms with E-state index in [1.165, 1.54) is 38.5 Å². The summed E-state index contributed by atoms with van der Waals surface area (Å²) in [7, 11) is 3.70. The van der Waals surface area contributed by atoms with Gasteiger partial charge in [0.2, 0.25) is 0 Å². The third-order valence-corrected chi connectivity index (χ3v) is 4.88. The van der Waals surface area contributed by atoms with Gasteiger partial charge in [-0.25, -0.2) is 4.79 Å². The lowest BCUT2D eigenvalue weighted by molar-refractivity contribution is -0.384. The van der Waals surface area contributed by atoms with E-state index in [-0.39, 0.29) is 12.1 Å². The highest BCUT2D eigenvalue weighted by Gasteiger charge is 2.36. The molecule has 1 N–H and O–H groups in total. The number of hydrogen-bond acceptors (Lipinski definition) is 8. The first kappa shape index (κ1) is 24.5. The quantitative estimate of drug-likeness (QED) is 0.335. The van der Waals surface area contributed by atoms with Gasteiger partial charge in [0.15, 0.2) is 6.10 Å². The highest BCUT2D eigenvalue weighted by atomic mass is 16.6. The Labute approximate surface area is 184 Å². The largest absolute Gasteiger partial charge is 0.469 e. The molecule has 0 spiro atoms. The van der Waals surface area contributed by atoms with Crippen LogP contribution in [0.25, 0.3) is 0 Å². The summed E-state index contributed by atoms with van der Waals surface area (Å²) in [6.07, 6.45) is -1.30. The lowest BCUT2D eigenvalue weighted by Gasteiger charge is -2.27. The van der Waals surface area contributed by atoms with Gasteiger partial charge in [0.25, 0.3) is 11.6 Å². The van der Waals surface area contributed by atoms with Gasteiger partial charge in [0, 0.05) is 25.2 Å². The van der Waals surface area contributed by atoms with Crippen LogP contribution in [0, 0.1) is 10.1 Å². The summed E-state index contributed by atoms with van der Waals surface area (Å²) in [5.74, 6) is -2.96. The third-order valence-electron chi connectivity index (χ3n) is 4.88. The molecule has 0 aromatic heterocycles. The van der Waals surface area contributed by atoms with E-state index in [4.69, 9.17) is 14.2 Å². The van der Waals surface area contributed by atoms with E-state index in [0.29, 0.717) is 11.1 Å². The average molecular weight is 444 g/mol. The highest BCUT2D eigenvalue weighted by molar-refractivity contribution is 5.89. The van der Waals surface area contributed by atoms with E-state index < -0.39 is 40.8 Å². The third kappa shape index (κ3) is 6.11. The summed E-state index contributed by atoms with van der Waals surface area (Å²) in [6, 6.07) is 12.7. The summed E-state index contributed by atoms with van der Waals surface area (Å²) in [5, 5.41) is 13.6. The van der Waals surface area contributed by atoms with Crippen molar-refractivity contribution in [2.24, 2.45) is 0 Å². The Morgan fingerprint density at radius 1 is 0.938 bits per heavy atom. The number of carbonyl (C=O) groups is 3. The number of methoxy groups -OCH3 is 3. The van der Waals surface area contributed by atoms with Crippen LogP contribution in [-0.2, 0) is 28.6 Å². The maximum atomic E-state index is 13.0. The van der Waals surface area contributed by atoms with Gasteiger partial charge in [0.1, 0.15) is 6.04 Å². The molecule has 10 nitrogen and oxygen atoms in total. The van der Waals surface area contributed by atoms with Gasteiger partial charge in [-0.05, 0) is 11.1 Å².